The minimum Gasteiger partial charge on any atom is -0.323 e. The molecule has 7 heteroatoms. The molecule has 1 heterocycles. The Morgan fingerprint density at radius 2 is 1.73 bits per heavy atom. The normalized spacial score (nSPS) is 12.9. The van der Waals surface area contributed by atoms with E-state index in [-0.39, 0.29) is 25.0 Å². The van der Waals surface area contributed by atoms with E-state index in [1.807, 2.05) is 24.3 Å². The standard InChI is InChI=1S/C15H20N2O2S2.ClH/c1-11(2)12-5-7-13(8-6-12)14(16)10-17-21(18,19)15-4-3-9-20-15;/h3-9,11,14,17H,10,16H2,1-2H3;1H. The third-order valence-corrected chi connectivity index (χ3v) is 6.11. The second-order valence-electron chi connectivity index (χ2n) is 5.21. The summed E-state index contributed by atoms with van der Waals surface area (Å²) in [5.41, 5.74) is 8.22. The molecule has 0 spiro atoms. The number of halogens is 1. The second-order valence-corrected chi connectivity index (χ2v) is 8.15. The van der Waals surface area contributed by atoms with Crippen LogP contribution >= 0.6 is 23.7 Å². The highest BCUT2D eigenvalue weighted by atomic mass is 35.5. The summed E-state index contributed by atoms with van der Waals surface area (Å²) in [5.74, 6) is 0.465. The van der Waals surface area contributed by atoms with Gasteiger partial charge in [-0.25, -0.2) is 13.1 Å². The van der Waals surface area contributed by atoms with Gasteiger partial charge in [0.15, 0.2) is 0 Å². The van der Waals surface area contributed by atoms with Crippen molar-refractivity contribution >= 4 is 33.8 Å². The minimum atomic E-state index is -3.45. The van der Waals surface area contributed by atoms with Crippen LogP contribution in [-0.4, -0.2) is 15.0 Å². The summed E-state index contributed by atoms with van der Waals surface area (Å²) in [7, 11) is -3.45. The number of nitrogens with two attached hydrogens (primary N) is 1. The van der Waals surface area contributed by atoms with Crippen LogP contribution in [0.4, 0.5) is 0 Å². The molecule has 0 aliphatic heterocycles. The zero-order chi connectivity index (χ0) is 15.5. The fraction of sp³-hybridized carbons (Fsp3) is 0.333. The highest BCUT2D eigenvalue weighted by molar-refractivity contribution is 7.91. The van der Waals surface area contributed by atoms with Crippen LogP contribution in [0.15, 0.2) is 46.0 Å². The first-order chi connectivity index (χ1) is 9.90. The van der Waals surface area contributed by atoms with Crippen molar-refractivity contribution < 1.29 is 8.42 Å². The first-order valence-electron chi connectivity index (χ1n) is 6.79. The van der Waals surface area contributed by atoms with Crippen molar-refractivity contribution in [2.45, 2.75) is 30.0 Å². The molecule has 0 bridgehead atoms. The van der Waals surface area contributed by atoms with Crippen LogP contribution in [0, 0.1) is 0 Å². The lowest BCUT2D eigenvalue weighted by molar-refractivity contribution is 0.574. The average Bonchev–Trinajstić information content (AvgIpc) is 3.00. The van der Waals surface area contributed by atoms with Gasteiger partial charge < -0.3 is 5.73 Å². The molecule has 2 rings (SSSR count). The zero-order valence-corrected chi connectivity index (χ0v) is 15.0. The number of hydrogen-bond donors (Lipinski definition) is 2. The predicted octanol–water partition coefficient (Wildman–Crippen LogP) is 3.27. The quantitative estimate of drug-likeness (QED) is 0.830. The monoisotopic (exact) mass is 360 g/mol. The number of hydrogen-bond acceptors (Lipinski definition) is 4. The van der Waals surface area contributed by atoms with Gasteiger partial charge in [-0.05, 0) is 28.5 Å². The van der Waals surface area contributed by atoms with Crippen molar-refractivity contribution in [2.24, 2.45) is 5.73 Å². The molecule has 0 amide bonds. The molecular formula is C15H21ClN2O2S2. The predicted molar refractivity (Wildman–Crippen MR) is 94.2 cm³/mol. The van der Waals surface area contributed by atoms with Crippen LogP contribution in [-0.2, 0) is 10.0 Å². The Kier molecular flexibility index (Phi) is 7.02. The van der Waals surface area contributed by atoms with Crippen molar-refractivity contribution in [2.75, 3.05) is 6.54 Å². The lowest BCUT2D eigenvalue weighted by Crippen LogP contribution is -2.31. The molecule has 0 radical (unpaired) electrons. The summed E-state index contributed by atoms with van der Waals surface area (Å²) in [4.78, 5) is 0. The molecule has 3 N–H and O–H groups in total. The Morgan fingerprint density at radius 1 is 1.14 bits per heavy atom. The number of thiophene rings is 1. The molecule has 0 saturated heterocycles. The molecular weight excluding hydrogens is 340 g/mol. The van der Waals surface area contributed by atoms with E-state index in [0.29, 0.717) is 10.1 Å². The maximum Gasteiger partial charge on any atom is 0.250 e. The van der Waals surface area contributed by atoms with Crippen LogP contribution < -0.4 is 10.5 Å². The molecule has 22 heavy (non-hydrogen) atoms. The van der Waals surface area contributed by atoms with Gasteiger partial charge >= 0.3 is 0 Å². The largest absolute Gasteiger partial charge is 0.323 e. The van der Waals surface area contributed by atoms with Gasteiger partial charge in [-0.15, -0.1) is 23.7 Å². The Balaban J connectivity index is 0.00000242. The lowest BCUT2D eigenvalue weighted by atomic mass is 9.99. The Morgan fingerprint density at radius 3 is 2.23 bits per heavy atom. The molecule has 1 unspecified atom stereocenters. The van der Waals surface area contributed by atoms with Crippen molar-refractivity contribution in [1.29, 1.82) is 0 Å². The molecule has 0 saturated carbocycles. The van der Waals surface area contributed by atoms with Crippen molar-refractivity contribution in [1.82, 2.24) is 4.72 Å². The Hall–Kier alpha value is -0.920. The van der Waals surface area contributed by atoms with E-state index in [1.54, 1.807) is 17.5 Å². The number of sulfonamides is 1. The minimum absolute atomic E-state index is 0. The van der Waals surface area contributed by atoms with E-state index in [4.69, 9.17) is 5.73 Å². The first kappa shape index (κ1) is 19.1. The van der Waals surface area contributed by atoms with E-state index in [9.17, 15) is 8.42 Å². The van der Waals surface area contributed by atoms with Crippen LogP contribution in [0.3, 0.4) is 0 Å². The Bertz CT molecular complexity index is 668. The zero-order valence-electron chi connectivity index (χ0n) is 12.5. The molecule has 1 aromatic heterocycles. The van der Waals surface area contributed by atoms with Crippen molar-refractivity contribution in [3.63, 3.8) is 0 Å². The number of rotatable bonds is 6. The molecule has 0 aliphatic rings. The molecule has 1 aromatic carbocycles. The van der Waals surface area contributed by atoms with E-state index in [2.05, 4.69) is 18.6 Å². The van der Waals surface area contributed by atoms with Gasteiger partial charge in [0.1, 0.15) is 4.21 Å². The van der Waals surface area contributed by atoms with Gasteiger partial charge in [0, 0.05) is 12.6 Å². The SMILES string of the molecule is CC(C)c1ccc(C(N)CNS(=O)(=O)c2cccs2)cc1.Cl. The lowest BCUT2D eigenvalue weighted by Gasteiger charge is -2.14. The average molecular weight is 361 g/mol. The summed E-state index contributed by atoms with van der Waals surface area (Å²) >= 11 is 1.19. The maximum atomic E-state index is 12.0. The van der Waals surface area contributed by atoms with E-state index in [0.717, 1.165) is 5.56 Å². The second kappa shape index (κ2) is 8.08. The highest BCUT2D eigenvalue weighted by Crippen LogP contribution is 2.19. The van der Waals surface area contributed by atoms with E-state index in [1.165, 1.54) is 16.9 Å². The van der Waals surface area contributed by atoms with Gasteiger partial charge in [-0.2, -0.15) is 0 Å². The van der Waals surface area contributed by atoms with Crippen molar-refractivity contribution in [3.05, 3.63) is 52.9 Å². The van der Waals surface area contributed by atoms with Gasteiger partial charge in [-0.3, -0.25) is 0 Å². The summed E-state index contributed by atoms with van der Waals surface area (Å²) in [6.07, 6.45) is 0. The van der Waals surface area contributed by atoms with Gasteiger partial charge in [0.2, 0.25) is 10.0 Å². The number of benzene rings is 1. The third-order valence-electron chi connectivity index (χ3n) is 3.28. The molecule has 0 fully saturated rings. The summed E-state index contributed by atoms with van der Waals surface area (Å²) < 4.78 is 26.9. The van der Waals surface area contributed by atoms with Gasteiger partial charge in [0.05, 0.1) is 0 Å². The van der Waals surface area contributed by atoms with E-state index < -0.39 is 10.0 Å². The fourth-order valence-corrected chi connectivity index (χ4v) is 4.03. The molecule has 2 aromatic rings. The molecule has 1 atom stereocenters. The van der Waals surface area contributed by atoms with Gasteiger partial charge in [0.25, 0.3) is 0 Å². The molecule has 0 aliphatic carbocycles. The molecule has 4 nitrogen and oxygen atoms in total. The third kappa shape index (κ3) is 4.79. The van der Waals surface area contributed by atoms with Crippen LogP contribution in [0.25, 0.3) is 0 Å². The van der Waals surface area contributed by atoms with Gasteiger partial charge in [-0.1, -0.05) is 44.2 Å². The fourth-order valence-electron chi connectivity index (χ4n) is 1.93. The summed E-state index contributed by atoms with van der Waals surface area (Å²) in [5, 5.41) is 1.74. The summed E-state index contributed by atoms with van der Waals surface area (Å²) in [6.45, 7) is 4.44. The Labute approximate surface area is 142 Å². The van der Waals surface area contributed by atoms with E-state index >= 15 is 0 Å². The topological polar surface area (TPSA) is 72.2 Å². The van der Waals surface area contributed by atoms with Crippen LogP contribution in [0.2, 0.25) is 0 Å². The number of nitrogens with one attached hydrogen (secondary N) is 1. The molecule has 122 valence electrons. The highest BCUT2D eigenvalue weighted by Gasteiger charge is 2.16. The van der Waals surface area contributed by atoms with Crippen LogP contribution in [0.5, 0.6) is 0 Å². The van der Waals surface area contributed by atoms with Crippen LogP contribution in [0.1, 0.15) is 36.9 Å². The van der Waals surface area contributed by atoms with Crippen molar-refractivity contribution in [3.8, 4) is 0 Å². The first-order valence-corrected chi connectivity index (χ1v) is 9.15. The summed E-state index contributed by atoms with van der Waals surface area (Å²) in [6, 6.07) is 10.9. The maximum absolute atomic E-state index is 12.0. The smallest absolute Gasteiger partial charge is 0.250 e.